The largest absolute Gasteiger partial charge is 0.384 e. The van der Waals surface area contributed by atoms with Crippen molar-refractivity contribution in [1.82, 2.24) is 35.6 Å². The molecule has 0 radical (unpaired) electrons. The highest BCUT2D eigenvalue weighted by Gasteiger charge is 2.30. The third kappa shape index (κ3) is 19.0. The summed E-state index contributed by atoms with van der Waals surface area (Å²) in [6.45, 7) is 41.7. The maximum Gasteiger partial charge on any atom is 0.103 e. The molecule has 4 rings (SSSR count). The Morgan fingerprint density at radius 1 is 0.892 bits per heavy atom. The fourth-order valence-corrected chi connectivity index (χ4v) is 7.82. The summed E-state index contributed by atoms with van der Waals surface area (Å²) in [5.74, 6) is 0. The van der Waals surface area contributed by atoms with Gasteiger partial charge in [0, 0.05) is 52.4 Å². The van der Waals surface area contributed by atoms with Gasteiger partial charge in [-0.25, -0.2) is 4.68 Å². The molecule has 3 heterocycles. The maximum absolute atomic E-state index is 10.7. The quantitative estimate of drug-likeness (QED) is 0.0285. The zero-order valence-electron chi connectivity index (χ0n) is 41.7. The van der Waals surface area contributed by atoms with Gasteiger partial charge >= 0.3 is 0 Å². The molecular formula is C52H82Cl2N8O3. The minimum atomic E-state index is -1.10. The van der Waals surface area contributed by atoms with Gasteiger partial charge in [-0.3, -0.25) is 10.3 Å². The Kier molecular flexibility index (Phi) is 23.6. The zero-order chi connectivity index (χ0) is 48.2. The van der Waals surface area contributed by atoms with Crippen LogP contribution in [-0.4, -0.2) is 120 Å². The average molecular weight is 938 g/mol. The van der Waals surface area contributed by atoms with Crippen LogP contribution in [0.3, 0.4) is 0 Å². The van der Waals surface area contributed by atoms with Crippen LogP contribution in [-0.2, 0) is 15.1 Å². The maximum atomic E-state index is 10.7. The highest BCUT2D eigenvalue weighted by atomic mass is 35.5. The number of nitrogens with one attached hydrogen (secondary N) is 3. The van der Waals surface area contributed by atoms with Crippen LogP contribution in [0.25, 0.3) is 11.3 Å². The van der Waals surface area contributed by atoms with Crippen LogP contribution in [0.2, 0.25) is 10.0 Å². The van der Waals surface area contributed by atoms with E-state index in [1.54, 1.807) is 36.7 Å². The summed E-state index contributed by atoms with van der Waals surface area (Å²) in [6.07, 6.45) is 15.2. The number of morpholine rings is 1. The third-order valence-electron chi connectivity index (χ3n) is 11.7. The predicted molar refractivity (Wildman–Crippen MR) is 276 cm³/mol. The monoisotopic (exact) mass is 937 g/mol. The van der Waals surface area contributed by atoms with E-state index in [1.165, 1.54) is 43.5 Å². The van der Waals surface area contributed by atoms with E-state index in [1.807, 2.05) is 46.8 Å². The van der Waals surface area contributed by atoms with Gasteiger partial charge in [0.15, 0.2) is 0 Å². The summed E-state index contributed by atoms with van der Waals surface area (Å²) in [5.41, 5.74) is 9.19. The smallest absolute Gasteiger partial charge is 0.103 e. The molecule has 65 heavy (non-hydrogen) atoms. The lowest BCUT2D eigenvalue weighted by atomic mass is 10.00. The number of likely N-dealkylation sites (tertiary alicyclic amines) is 1. The number of hydrogen-bond donors (Lipinski definition) is 4. The molecular weight excluding hydrogens is 856 g/mol. The van der Waals surface area contributed by atoms with E-state index in [0.29, 0.717) is 21.4 Å². The number of ether oxygens (including phenoxy) is 2. The summed E-state index contributed by atoms with van der Waals surface area (Å²) < 4.78 is 13.3. The first-order valence-corrected chi connectivity index (χ1v) is 24.2. The van der Waals surface area contributed by atoms with Crippen LogP contribution in [0.4, 0.5) is 0 Å². The normalized spacial score (nSPS) is 16.4. The molecule has 0 bridgehead atoms. The Morgan fingerprint density at radius 2 is 1.46 bits per heavy atom. The predicted octanol–water partition coefficient (Wildman–Crippen LogP) is 10.3. The highest BCUT2D eigenvalue weighted by Crippen LogP contribution is 2.35. The molecule has 2 aromatic rings. The number of hydrazone groups is 1. The van der Waals surface area contributed by atoms with Gasteiger partial charge in [0.05, 0.1) is 51.7 Å². The van der Waals surface area contributed by atoms with Crippen molar-refractivity contribution in [1.29, 1.82) is 0 Å². The van der Waals surface area contributed by atoms with Crippen molar-refractivity contribution in [2.75, 3.05) is 78.7 Å². The minimum Gasteiger partial charge on any atom is -0.384 e. The lowest BCUT2D eigenvalue weighted by Gasteiger charge is -2.34. The molecule has 4 N–H and O–H groups in total. The lowest BCUT2D eigenvalue weighted by molar-refractivity contribution is -0.0570. The van der Waals surface area contributed by atoms with Crippen LogP contribution in [0.15, 0.2) is 95.3 Å². The van der Waals surface area contributed by atoms with Crippen molar-refractivity contribution >= 4 is 34.5 Å². The summed E-state index contributed by atoms with van der Waals surface area (Å²) in [6, 6.07) is 7.35. The second-order valence-corrected chi connectivity index (χ2v) is 19.5. The van der Waals surface area contributed by atoms with Crippen molar-refractivity contribution < 1.29 is 14.6 Å². The van der Waals surface area contributed by atoms with Gasteiger partial charge in [-0.2, -0.15) is 10.2 Å². The Labute approximate surface area is 402 Å². The van der Waals surface area contributed by atoms with E-state index < -0.39 is 16.8 Å². The number of rotatable bonds is 23. The van der Waals surface area contributed by atoms with Crippen molar-refractivity contribution in [3.8, 4) is 5.69 Å². The van der Waals surface area contributed by atoms with Gasteiger partial charge in [-0.15, -0.1) is 6.58 Å². The van der Waals surface area contributed by atoms with Gasteiger partial charge in [0.2, 0.25) is 0 Å². The molecule has 0 amide bonds. The Morgan fingerprint density at radius 3 is 2.00 bits per heavy atom. The van der Waals surface area contributed by atoms with Crippen LogP contribution < -0.4 is 16.1 Å². The summed E-state index contributed by atoms with van der Waals surface area (Å²) in [4.78, 5) is 4.96. The highest BCUT2D eigenvalue weighted by molar-refractivity contribution is 6.37. The first kappa shape index (κ1) is 56.0. The number of para-hydroxylation sites is 1. The number of benzene rings is 1. The van der Waals surface area contributed by atoms with Crippen LogP contribution >= 0.6 is 23.2 Å². The molecule has 1 aromatic carbocycles. The SMILES string of the molecule is C=CC(C)(C)OC(C)(C)/C(C)=N/NC(=C)C(/C=C\CNCCN1CCOCC1)=C(C)C.CC/C(C)=C(\C=C/CNCCN1CCCCC1)c1cc(C(C)(C)O)nn1-c1c(Cl)cccc1Cl. The molecule has 0 saturated carbocycles. The van der Waals surface area contributed by atoms with E-state index >= 15 is 0 Å². The Balaban J connectivity index is 0.000000347. The first-order chi connectivity index (χ1) is 30.7. The second kappa shape index (κ2) is 27.5. The van der Waals surface area contributed by atoms with Crippen LogP contribution in [0.1, 0.15) is 113 Å². The van der Waals surface area contributed by atoms with Crippen molar-refractivity contribution in [2.45, 2.75) is 119 Å². The Bertz CT molecular complexity index is 1950. The van der Waals surface area contributed by atoms with Crippen LogP contribution in [0.5, 0.6) is 0 Å². The molecule has 0 unspecified atom stereocenters. The number of allylic oxidation sites excluding steroid dienone is 5. The van der Waals surface area contributed by atoms with Gasteiger partial charge in [0.25, 0.3) is 0 Å². The number of aromatic nitrogens is 2. The third-order valence-corrected chi connectivity index (χ3v) is 12.3. The summed E-state index contributed by atoms with van der Waals surface area (Å²) >= 11 is 13.1. The topological polar surface area (TPSA) is 111 Å². The van der Waals surface area contributed by atoms with E-state index in [2.05, 4.69) is 96.1 Å². The molecule has 2 fully saturated rings. The molecule has 13 heteroatoms. The van der Waals surface area contributed by atoms with Gasteiger partial charge < -0.3 is 30.1 Å². The molecule has 2 aliphatic rings. The van der Waals surface area contributed by atoms with E-state index in [4.69, 9.17) is 37.8 Å². The standard InChI is InChI=1S/C27H38Cl2N4O.C25H44N4O2/c1-5-20(2)21(11-10-14-30-15-18-32-16-7-6-8-17-32)24-19-25(27(3,4)34)31-33(24)26-22(28)12-9-13-23(26)29;1-10-24(6,7)31-25(8,9)22(5)28-27-21(4)23(20(2)3)12-11-13-26-14-15-29-16-18-30-19-17-29/h9-13,19,30,34H,5-8,14-18H2,1-4H3;10-12,26-27H,1,4,13-19H2,2-3,5-9H3/b11-10-,21-20+;12-11-,28-22+. The second-order valence-electron chi connectivity index (χ2n) is 18.7. The van der Waals surface area contributed by atoms with Gasteiger partial charge in [-0.1, -0.05) is 90.7 Å². The Hall–Kier alpha value is -3.36. The van der Waals surface area contributed by atoms with Gasteiger partial charge in [-0.05, 0) is 131 Å². The fourth-order valence-electron chi connectivity index (χ4n) is 7.27. The molecule has 0 spiro atoms. The summed E-state index contributed by atoms with van der Waals surface area (Å²) in [5, 5.41) is 28.0. The molecule has 11 nitrogen and oxygen atoms in total. The number of halogens is 2. The number of nitrogens with zero attached hydrogens (tertiary/aromatic N) is 5. The molecule has 362 valence electrons. The van der Waals surface area contributed by atoms with E-state index in [0.717, 1.165) is 100 Å². The fraction of sp³-hybridized carbons (Fsp3) is 0.577. The van der Waals surface area contributed by atoms with Crippen molar-refractivity contribution in [2.24, 2.45) is 5.10 Å². The average Bonchev–Trinajstić information content (AvgIpc) is 3.70. The minimum absolute atomic E-state index is 0.431. The molecule has 0 atom stereocenters. The number of hydrogen-bond acceptors (Lipinski definition) is 10. The van der Waals surface area contributed by atoms with Crippen molar-refractivity contribution in [3.05, 3.63) is 112 Å². The number of piperidine rings is 1. The zero-order valence-corrected chi connectivity index (χ0v) is 43.2. The summed E-state index contributed by atoms with van der Waals surface area (Å²) in [7, 11) is 0. The first-order valence-electron chi connectivity index (χ1n) is 23.5. The van der Waals surface area contributed by atoms with E-state index in [-0.39, 0.29) is 0 Å². The van der Waals surface area contributed by atoms with E-state index in [9.17, 15) is 5.11 Å². The lowest BCUT2D eigenvalue weighted by Crippen LogP contribution is -2.41. The van der Waals surface area contributed by atoms with Crippen LogP contribution in [0, 0.1) is 0 Å². The van der Waals surface area contributed by atoms with Gasteiger partial charge in [0.1, 0.15) is 16.9 Å². The molecule has 2 aliphatic heterocycles. The molecule has 1 aromatic heterocycles. The molecule has 2 saturated heterocycles. The molecule has 0 aliphatic carbocycles. The number of aliphatic hydroxyl groups is 1. The van der Waals surface area contributed by atoms with Crippen molar-refractivity contribution in [3.63, 3.8) is 0 Å².